The molecule has 1 saturated carbocycles. The number of nitrogens with zero attached hydrogens (tertiary/aromatic N) is 3. The van der Waals surface area contributed by atoms with E-state index in [0.29, 0.717) is 6.04 Å². The fourth-order valence-electron chi connectivity index (χ4n) is 3.89. The maximum Gasteiger partial charge on any atom is 0.225 e. The molecule has 2 unspecified atom stereocenters. The van der Waals surface area contributed by atoms with Crippen LogP contribution in [-0.4, -0.2) is 29.6 Å². The highest BCUT2D eigenvalue weighted by molar-refractivity contribution is 7.16. The van der Waals surface area contributed by atoms with Gasteiger partial charge >= 0.3 is 0 Å². The molecule has 4 rings (SSSR count). The second kappa shape index (κ2) is 4.88. The van der Waals surface area contributed by atoms with E-state index < -0.39 is 0 Å². The van der Waals surface area contributed by atoms with Crippen molar-refractivity contribution in [3.8, 4) is 0 Å². The lowest BCUT2D eigenvalue weighted by Gasteiger charge is -2.39. The average molecular weight is 288 g/mol. The molecule has 0 amide bonds. The number of anilines is 2. The highest BCUT2D eigenvalue weighted by Gasteiger charge is 2.36. The topological polar surface area (TPSA) is 41.1 Å². The molecule has 0 aromatic carbocycles. The van der Waals surface area contributed by atoms with Crippen molar-refractivity contribution in [3.63, 3.8) is 0 Å². The molecule has 1 aliphatic heterocycles. The molecule has 106 valence electrons. The number of rotatable bonds is 2. The van der Waals surface area contributed by atoms with Gasteiger partial charge < -0.3 is 10.2 Å². The molecule has 20 heavy (non-hydrogen) atoms. The Bertz CT molecular complexity index is 623. The minimum atomic E-state index is 0.700. The Labute approximate surface area is 123 Å². The van der Waals surface area contributed by atoms with Crippen LogP contribution in [0.25, 0.3) is 10.2 Å². The van der Waals surface area contributed by atoms with Crippen molar-refractivity contribution in [1.82, 2.24) is 9.97 Å². The van der Waals surface area contributed by atoms with E-state index >= 15 is 0 Å². The fraction of sp³-hybridized carbons (Fsp3) is 0.600. The summed E-state index contributed by atoms with van der Waals surface area (Å²) in [5.74, 6) is 2.78. The first kappa shape index (κ1) is 12.4. The zero-order valence-corrected chi connectivity index (χ0v) is 12.6. The first-order valence-corrected chi connectivity index (χ1v) is 8.44. The minimum Gasteiger partial charge on any atom is -0.357 e. The predicted octanol–water partition coefficient (Wildman–Crippen LogP) is 3.50. The highest BCUT2D eigenvalue weighted by atomic mass is 32.1. The summed E-state index contributed by atoms with van der Waals surface area (Å²) in [4.78, 5) is 13.0. The van der Waals surface area contributed by atoms with E-state index in [1.165, 1.54) is 37.5 Å². The van der Waals surface area contributed by atoms with Crippen LogP contribution in [0.4, 0.5) is 11.8 Å². The second-order valence-corrected chi connectivity index (χ2v) is 6.75. The van der Waals surface area contributed by atoms with E-state index in [4.69, 9.17) is 4.98 Å². The lowest BCUT2D eigenvalue weighted by atomic mass is 9.92. The minimum absolute atomic E-state index is 0.700. The maximum absolute atomic E-state index is 4.79. The number of fused-ring (bicyclic) bond motifs is 2. The molecule has 0 bridgehead atoms. The number of hydrogen-bond donors (Lipinski definition) is 1. The monoisotopic (exact) mass is 288 g/mol. The number of thiophene rings is 1. The highest BCUT2D eigenvalue weighted by Crippen LogP contribution is 2.41. The lowest BCUT2D eigenvalue weighted by molar-refractivity contribution is 0.361. The van der Waals surface area contributed by atoms with Crippen molar-refractivity contribution in [3.05, 3.63) is 11.4 Å². The summed E-state index contributed by atoms with van der Waals surface area (Å²) in [6, 6.07) is 2.87. The van der Waals surface area contributed by atoms with Crippen LogP contribution in [0.3, 0.4) is 0 Å². The summed E-state index contributed by atoms with van der Waals surface area (Å²) in [6.45, 7) is 1.15. The van der Waals surface area contributed by atoms with Gasteiger partial charge in [0.05, 0.1) is 5.39 Å². The molecule has 0 spiro atoms. The van der Waals surface area contributed by atoms with Gasteiger partial charge in [-0.1, -0.05) is 6.42 Å². The van der Waals surface area contributed by atoms with Crippen molar-refractivity contribution in [2.75, 3.05) is 23.8 Å². The quantitative estimate of drug-likeness (QED) is 0.918. The summed E-state index contributed by atoms with van der Waals surface area (Å²) < 4.78 is 0. The molecular formula is C15H20N4S. The normalized spacial score (nSPS) is 25.9. The number of nitrogens with one attached hydrogen (secondary N) is 1. The lowest BCUT2D eigenvalue weighted by Crippen LogP contribution is -2.43. The molecule has 2 fully saturated rings. The molecule has 3 heterocycles. The van der Waals surface area contributed by atoms with Gasteiger partial charge in [0.15, 0.2) is 0 Å². The van der Waals surface area contributed by atoms with Gasteiger partial charge in [0, 0.05) is 19.6 Å². The van der Waals surface area contributed by atoms with Gasteiger partial charge in [-0.25, -0.2) is 4.98 Å². The Kier molecular flexibility index (Phi) is 3.02. The Balaban J connectivity index is 1.81. The summed E-state index contributed by atoms with van der Waals surface area (Å²) in [5.41, 5.74) is 0. The van der Waals surface area contributed by atoms with Gasteiger partial charge in [0.1, 0.15) is 10.6 Å². The summed E-state index contributed by atoms with van der Waals surface area (Å²) in [6.07, 6.45) is 6.80. The molecule has 4 nitrogen and oxygen atoms in total. The molecule has 2 aromatic rings. The largest absolute Gasteiger partial charge is 0.357 e. The van der Waals surface area contributed by atoms with Crippen LogP contribution in [0.1, 0.15) is 32.1 Å². The van der Waals surface area contributed by atoms with Crippen LogP contribution < -0.4 is 10.2 Å². The maximum atomic E-state index is 4.79. The van der Waals surface area contributed by atoms with Crippen molar-refractivity contribution in [1.29, 1.82) is 0 Å². The third kappa shape index (κ3) is 1.87. The fourth-order valence-corrected chi connectivity index (χ4v) is 4.65. The van der Waals surface area contributed by atoms with Crippen molar-refractivity contribution >= 4 is 33.3 Å². The van der Waals surface area contributed by atoms with Crippen LogP contribution >= 0.6 is 11.3 Å². The summed E-state index contributed by atoms with van der Waals surface area (Å²) in [7, 11) is 1.90. The molecule has 2 aliphatic rings. The molecule has 1 N–H and O–H groups in total. The van der Waals surface area contributed by atoms with E-state index in [2.05, 4.69) is 26.6 Å². The van der Waals surface area contributed by atoms with Crippen molar-refractivity contribution in [2.45, 2.75) is 38.1 Å². The third-order valence-electron chi connectivity index (χ3n) is 4.79. The standard InChI is InChI=1S/C15H20N4S/c1-16-15-17-13(11-7-9-20-14(11)18-15)19-8-3-5-10-4-2-6-12(10)19/h7,9-10,12H,2-6,8H2,1H3,(H,16,17,18). The number of aromatic nitrogens is 2. The number of piperidine rings is 1. The van der Waals surface area contributed by atoms with E-state index in [1.54, 1.807) is 11.3 Å². The van der Waals surface area contributed by atoms with Crippen LogP contribution in [0.15, 0.2) is 11.4 Å². The molecule has 1 saturated heterocycles. The smallest absolute Gasteiger partial charge is 0.225 e. The van der Waals surface area contributed by atoms with Crippen LogP contribution in [-0.2, 0) is 0 Å². The first-order chi connectivity index (χ1) is 9.86. The second-order valence-electron chi connectivity index (χ2n) is 5.85. The SMILES string of the molecule is CNc1nc(N2CCCC3CCCC32)c2ccsc2n1. The van der Waals surface area contributed by atoms with E-state index in [-0.39, 0.29) is 0 Å². The third-order valence-corrected chi connectivity index (χ3v) is 5.60. The first-order valence-electron chi connectivity index (χ1n) is 7.56. The molecule has 1 aliphatic carbocycles. The van der Waals surface area contributed by atoms with E-state index in [0.717, 1.165) is 29.1 Å². The van der Waals surface area contributed by atoms with Crippen LogP contribution in [0, 0.1) is 5.92 Å². The van der Waals surface area contributed by atoms with Gasteiger partial charge in [-0.3, -0.25) is 0 Å². The molecular weight excluding hydrogens is 268 g/mol. The Morgan fingerprint density at radius 3 is 3.05 bits per heavy atom. The Hall–Kier alpha value is -1.36. The van der Waals surface area contributed by atoms with Crippen LogP contribution in [0.5, 0.6) is 0 Å². The zero-order chi connectivity index (χ0) is 13.5. The van der Waals surface area contributed by atoms with Crippen molar-refractivity contribution < 1.29 is 0 Å². The van der Waals surface area contributed by atoms with Gasteiger partial charge in [0.25, 0.3) is 0 Å². The van der Waals surface area contributed by atoms with E-state index in [9.17, 15) is 0 Å². The van der Waals surface area contributed by atoms with Gasteiger partial charge in [-0.05, 0) is 43.0 Å². The number of hydrogen-bond acceptors (Lipinski definition) is 5. The summed E-state index contributed by atoms with van der Waals surface area (Å²) >= 11 is 1.70. The van der Waals surface area contributed by atoms with Gasteiger partial charge in [-0.15, -0.1) is 11.3 Å². The van der Waals surface area contributed by atoms with E-state index in [1.807, 2.05) is 7.05 Å². The van der Waals surface area contributed by atoms with Crippen molar-refractivity contribution in [2.24, 2.45) is 5.92 Å². The average Bonchev–Trinajstić information content (AvgIpc) is 3.14. The summed E-state index contributed by atoms with van der Waals surface area (Å²) in [5, 5.41) is 6.45. The molecule has 5 heteroatoms. The predicted molar refractivity (Wildman–Crippen MR) is 84.7 cm³/mol. The zero-order valence-electron chi connectivity index (χ0n) is 11.8. The van der Waals surface area contributed by atoms with Gasteiger partial charge in [-0.2, -0.15) is 4.98 Å². The molecule has 2 atom stereocenters. The molecule has 0 radical (unpaired) electrons. The van der Waals surface area contributed by atoms with Crippen LogP contribution in [0.2, 0.25) is 0 Å². The Morgan fingerprint density at radius 1 is 1.25 bits per heavy atom. The van der Waals surface area contributed by atoms with Gasteiger partial charge in [0.2, 0.25) is 5.95 Å². The Morgan fingerprint density at radius 2 is 2.15 bits per heavy atom. The molecule has 2 aromatic heterocycles.